The number of halogens is 3. The molecule has 0 bridgehead atoms. The average molecular weight is 329 g/mol. The molecular weight excluding hydrogens is 311 g/mol. The van der Waals surface area contributed by atoms with Gasteiger partial charge in [-0.05, 0) is 37.0 Å². The summed E-state index contributed by atoms with van der Waals surface area (Å²) in [6, 6.07) is 12.8. The number of nitrogens with zero attached hydrogens (tertiary/aromatic N) is 1. The van der Waals surface area contributed by atoms with Gasteiger partial charge in [-0.15, -0.1) is 0 Å². The molecule has 124 valence electrons. The maximum atomic E-state index is 13.9. The van der Waals surface area contributed by atoms with Gasteiger partial charge in [0.1, 0.15) is 11.6 Å². The summed E-state index contributed by atoms with van der Waals surface area (Å²) in [6.07, 6.45) is 1.51. The molecule has 24 heavy (non-hydrogen) atoms. The van der Waals surface area contributed by atoms with Crippen molar-refractivity contribution < 1.29 is 13.2 Å². The largest absolute Gasteiger partial charge is 0.209 e. The number of rotatable bonds is 6. The Morgan fingerprint density at radius 1 is 1.04 bits per heavy atom. The van der Waals surface area contributed by atoms with Crippen LogP contribution in [0.5, 0.6) is 0 Å². The van der Waals surface area contributed by atoms with E-state index in [-0.39, 0.29) is 12.0 Å². The molecule has 0 unspecified atom stereocenters. The lowest BCUT2D eigenvalue weighted by atomic mass is 9.99. The first kappa shape index (κ1) is 17.8. The minimum atomic E-state index is -0.829. The number of hydrogen-bond acceptors (Lipinski definition) is 1. The number of hydrogen-bond donors (Lipinski definition) is 0. The van der Waals surface area contributed by atoms with Crippen LogP contribution in [-0.4, -0.2) is 0 Å². The SMILES string of the molecule is CCC/C(F)=C(\F)c1ccc(CCc2c(F)cccc2C#N)cc1. The maximum absolute atomic E-state index is 13.9. The van der Waals surface area contributed by atoms with Gasteiger partial charge in [-0.1, -0.05) is 37.3 Å². The van der Waals surface area contributed by atoms with Gasteiger partial charge in [-0.2, -0.15) is 5.26 Å². The minimum absolute atomic E-state index is 0.0812. The van der Waals surface area contributed by atoms with Gasteiger partial charge in [0.15, 0.2) is 5.83 Å². The summed E-state index contributed by atoms with van der Waals surface area (Å²) >= 11 is 0. The molecule has 0 radical (unpaired) electrons. The van der Waals surface area contributed by atoms with Gasteiger partial charge in [0.25, 0.3) is 0 Å². The summed E-state index contributed by atoms with van der Waals surface area (Å²) in [6.45, 7) is 1.79. The Labute approximate surface area is 140 Å². The first-order valence-corrected chi connectivity index (χ1v) is 7.87. The van der Waals surface area contributed by atoms with E-state index in [0.717, 1.165) is 5.56 Å². The highest BCUT2D eigenvalue weighted by atomic mass is 19.2. The van der Waals surface area contributed by atoms with Crippen LogP contribution in [0.2, 0.25) is 0 Å². The van der Waals surface area contributed by atoms with Gasteiger partial charge in [-0.3, -0.25) is 0 Å². The van der Waals surface area contributed by atoms with Gasteiger partial charge in [0.2, 0.25) is 0 Å². The van der Waals surface area contributed by atoms with Crippen molar-refractivity contribution >= 4 is 5.83 Å². The predicted octanol–water partition coefficient (Wildman–Crippen LogP) is 5.89. The lowest BCUT2D eigenvalue weighted by Crippen LogP contribution is -1.98. The second-order valence-electron chi connectivity index (χ2n) is 5.54. The summed E-state index contributed by atoms with van der Waals surface area (Å²) in [5, 5.41) is 9.03. The number of benzene rings is 2. The van der Waals surface area contributed by atoms with Crippen molar-refractivity contribution in [3.63, 3.8) is 0 Å². The van der Waals surface area contributed by atoms with E-state index in [2.05, 4.69) is 0 Å². The fourth-order valence-electron chi connectivity index (χ4n) is 2.49. The lowest BCUT2D eigenvalue weighted by molar-refractivity contribution is 0.559. The zero-order valence-electron chi connectivity index (χ0n) is 13.5. The molecule has 0 saturated carbocycles. The topological polar surface area (TPSA) is 23.8 Å². The van der Waals surface area contributed by atoms with Gasteiger partial charge in [-0.25, -0.2) is 13.2 Å². The van der Waals surface area contributed by atoms with Crippen molar-refractivity contribution in [3.05, 3.63) is 76.4 Å². The van der Waals surface area contributed by atoms with E-state index in [4.69, 9.17) is 5.26 Å². The third kappa shape index (κ3) is 4.26. The van der Waals surface area contributed by atoms with Crippen molar-refractivity contribution in [2.45, 2.75) is 32.6 Å². The lowest BCUT2D eigenvalue weighted by Gasteiger charge is -2.07. The molecule has 0 aliphatic heterocycles. The van der Waals surface area contributed by atoms with Gasteiger partial charge >= 0.3 is 0 Å². The molecule has 2 aromatic carbocycles. The molecule has 0 amide bonds. The molecule has 0 N–H and O–H groups in total. The van der Waals surface area contributed by atoms with Crippen LogP contribution >= 0.6 is 0 Å². The molecule has 0 aliphatic rings. The van der Waals surface area contributed by atoms with Crippen LogP contribution in [0.15, 0.2) is 48.3 Å². The zero-order valence-corrected chi connectivity index (χ0v) is 13.5. The van der Waals surface area contributed by atoms with Crippen LogP contribution in [-0.2, 0) is 12.8 Å². The van der Waals surface area contributed by atoms with Gasteiger partial charge < -0.3 is 0 Å². The smallest absolute Gasteiger partial charge is 0.161 e. The Morgan fingerprint density at radius 2 is 1.75 bits per heavy atom. The van der Waals surface area contributed by atoms with Crippen LogP contribution in [0.4, 0.5) is 13.2 Å². The fraction of sp³-hybridized carbons (Fsp3) is 0.250. The first-order valence-electron chi connectivity index (χ1n) is 7.87. The second kappa shape index (κ2) is 8.35. The number of aryl methyl sites for hydroxylation is 1. The van der Waals surface area contributed by atoms with Crippen LogP contribution in [0.25, 0.3) is 5.83 Å². The minimum Gasteiger partial charge on any atom is -0.209 e. The monoisotopic (exact) mass is 329 g/mol. The third-order valence-corrected chi connectivity index (χ3v) is 3.82. The summed E-state index contributed by atoms with van der Waals surface area (Å²) in [5.74, 6) is -1.97. The Hall–Kier alpha value is -2.54. The maximum Gasteiger partial charge on any atom is 0.161 e. The molecule has 0 fully saturated rings. The Bertz CT molecular complexity index is 770. The van der Waals surface area contributed by atoms with E-state index in [1.54, 1.807) is 25.1 Å². The van der Waals surface area contributed by atoms with Crippen molar-refractivity contribution in [2.75, 3.05) is 0 Å². The molecule has 0 aliphatic carbocycles. The van der Waals surface area contributed by atoms with Crippen LogP contribution < -0.4 is 0 Å². The molecule has 0 spiro atoms. The Kier molecular flexibility index (Phi) is 6.20. The van der Waals surface area contributed by atoms with Crippen molar-refractivity contribution in [1.29, 1.82) is 5.26 Å². The van der Waals surface area contributed by atoms with E-state index in [0.29, 0.717) is 30.4 Å². The molecule has 0 atom stereocenters. The summed E-state index contributed by atoms with van der Waals surface area (Å²) in [7, 11) is 0. The van der Waals surface area contributed by atoms with E-state index in [1.807, 2.05) is 6.07 Å². The summed E-state index contributed by atoms with van der Waals surface area (Å²) < 4.78 is 41.2. The van der Waals surface area contributed by atoms with Crippen LogP contribution in [0.3, 0.4) is 0 Å². The highest BCUT2D eigenvalue weighted by Crippen LogP contribution is 2.25. The summed E-state index contributed by atoms with van der Waals surface area (Å²) in [5.41, 5.74) is 1.77. The van der Waals surface area contributed by atoms with Crippen molar-refractivity contribution in [1.82, 2.24) is 0 Å². The molecule has 2 aromatic rings. The fourth-order valence-corrected chi connectivity index (χ4v) is 2.49. The van der Waals surface area contributed by atoms with E-state index >= 15 is 0 Å². The number of allylic oxidation sites excluding steroid dienone is 1. The van der Waals surface area contributed by atoms with Crippen LogP contribution in [0.1, 0.15) is 42.0 Å². The van der Waals surface area contributed by atoms with Crippen molar-refractivity contribution in [3.8, 4) is 6.07 Å². The normalized spacial score (nSPS) is 11.8. The standard InChI is InChI=1S/C20H18F3N/c1-2-4-19(22)20(23)15-10-7-14(8-11-15)9-12-17-16(13-24)5-3-6-18(17)21/h3,5-8,10-11H,2,4,9,12H2,1H3/b20-19+. The third-order valence-electron chi connectivity index (χ3n) is 3.82. The molecule has 0 aromatic heterocycles. The molecule has 0 heterocycles. The second-order valence-corrected chi connectivity index (χ2v) is 5.54. The first-order chi connectivity index (χ1) is 11.6. The van der Waals surface area contributed by atoms with Crippen molar-refractivity contribution in [2.24, 2.45) is 0 Å². The molecular formula is C20H18F3N. The van der Waals surface area contributed by atoms with Gasteiger partial charge in [0, 0.05) is 17.5 Å². The quantitative estimate of drug-likeness (QED) is 0.648. The zero-order chi connectivity index (χ0) is 17.5. The average Bonchev–Trinajstić information content (AvgIpc) is 2.60. The molecule has 1 nitrogen and oxygen atoms in total. The highest BCUT2D eigenvalue weighted by Gasteiger charge is 2.10. The number of nitriles is 1. The molecule has 0 saturated heterocycles. The Balaban J connectivity index is 2.11. The van der Waals surface area contributed by atoms with E-state index in [1.165, 1.54) is 24.3 Å². The molecule has 2 rings (SSSR count). The highest BCUT2D eigenvalue weighted by molar-refractivity contribution is 5.61. The van der Waals surface area contributed by atoms with Crippen LogP contribution in [0, 0.1) is 17.1 Å². The van der Waals surface area contributed by atoms with Gasteiger partial charge in [0.05, 0.1) is 11.6 Å². The van der Waals surface area contributed by atoms with E-state index in [9.17, 15) is 13.2 Å². The predicted molar refractivity (Wildman–Crippen MR) is 89.0 cm³/mol. The Morgan fingerprint density at radius 3 is 2.38 bits per heavy atom. The molecule has 4 heteroatoms. The summed E-state index contributed by atoms with van der Waals surface area (Å²) in [4.78, 5) is 0. The van der Waals surface area contributed by atoms with E-state index < -0.39 is 17.5 Å².